The Kier molecular flexibility index (Phi) is 4.77. The summed E-state index contributed by atoms with van der Waals surface area (Å²) in [7, 11) is 0. The van der Waals surface area contributed by atoms with Gasteiger partial charge >= 0.3 is 0 Å². The fourth-order valence-corrected chi connectivity index (χ4v) is 3.31. The van der Waals surface area contributed by atoms with Gasteiger partial charge in [-0.1, -0.05) is 12.1 Å². The molecular weight excluding hydrogens is 364 g/mol. The average Bonchev–Trinajstić information content (AvgIpc) is 2.76. The van der Waals surface area contributed by atoms with Crippen LogP contribution in [0.2, 0.25) is 0 Å². The summed E-state index contributed by atoms with van der Waals surface area (Å²) in [5.41, 5.74) is 2.47. The summed E-state index contributed by atoms with van der Waals surface area (Å²) < 4.78 is 12.1. The molecule has 5 nitrogen and oxygen atoms in total. The molecule has 0 saturated heterocycles. The van der Waals surface area contributed by atoms with Gasteiger partial charge in [0.05, 0.1) is 22.6 Å². The van der Waals surface area contributed by atoms with E-state index in [2.05, 4.69) is 11.1 Å². The van der Waals surface area contributed by atoms with Gasteiger partial charge in [-0.25, -0.2) is 0 Å². The minimum absolute atomic E-state index is 0.0723. The zero-order chi connectivity index (χ0) is 20.4. The van der Waals surface area contributed by atoms with Crippen LogP contribution in [-0.2, 0) is 0 Å². The van der Waals surface area contributed by atoms with Gasteiger partial charge in [0.1, 0.15) is 24.2 Å². The van der Waals surface area contributed by atoms with E-state index in [1.807, 2.05) is 38.1 Å². The summed E-state index contributed by atoms with van der Waals surface area (Å²) in [5.74, 6) is 1.21. The molecule has 0 amide bonds. The molecule has 0 fully saturated rings. The van der Waals surface area contributed by atoms with Gasteiger partial charge in [-0.15, -0.1) is 0 Å². The predicted octanol–water partition coefficient (Wildman–Crippen LogP) is 4.72. The van der Waals surface area contributed by atoms with Gasteiger partial charge in [-0.3, -0.25) is 9.78 Å². The first-order valence-corrected chi connectivity index (χ1v) is 9.36. The SMILES string of the molecule is CC1(C)COc2cc(OC(c3ccncc3)c3ccc(C#N)cc3)ccc2C1=O. The van der Waals surface area contributed by atoms with E-state index in [1.165, 1.54) is 0 Å². The van der Waals surface area contributed by atoms with E-state index in [1.54, 1.807) is 42.7 Å². The Morgan fingerprint density at radius 3 is 2.45 bits per heavy atom. The second-order valence-corrected chi connectivity index (χ2v) is 7.67. The second kappa shape index (κ2) is 7.40. The van der Waals surface area contributed by atoms with Crippen molar-refractivity contribution >= 4 is 5.78 Å². The number of hydrogen-bond donors (Lipinski definition) is 0. The van der Waals surface area contributed by atoms with Gasteiger partial charge in [0, 0.05) is 18.5 Å². The predicted molar refractivity (Wildman–Crippen MR) is 108 cm³/mol. The van der Waals surface area contributed by atoms with Crippen LogP contribution >= 0.6 is 0 Å². The molecule has 0 N–H and O–H groups in total. The van der Waals surface area contributed by atoms with E-state index in [-0.39, 0.29) is 11.9 Å². The maximum Gasteiger partial charge on any atom is 0.175 e. The van der Waals surface area contributed by atoms with Crippen LogP contribution in [0.5, 0.6) is 11.5 Å². The quantitative estimate of drug-likeness (QED) is 0.651. The lowest BCUT2D eigenvalue weighted by Crippen LogP contribution is -2.35. The van der Waals surface area contributed by atoms with Crippen LogP contribution in [0.25, 0.3) is 0 Å². The van der Waals surface area contributed by atoms with Crippen molar-refractivity contribution in [3.8, 4) is 17.6 Å². The topological polar surface area (TPSA) is 72.2 Å². The standard InChI is InChI=1S/C24H20N2O3/c1-24(2)15-28-21-13-19(7-8-20(21)23(24)27)29-22(18-9-11-26-12-10-18)17-5-3-16(14-25)4-6-17/h3-13,22H,15H2,1-2H3. The number of hydrogen-bond acceptors (Lipinski definition) is 5. The first kappa shape index (κ1) is 18.7. The Balaban J connectivity index is 1.68. The summed E-state index contributed by atoms with van der Waals surface area (Å²) in [6.45, 7) is 4.10. The minimum Gasteiger partial charge on any atom is -0.492 e. The summed E-state index contributed by atoms with van der Waals surface area (Å²) in [6, 6.07) is 18.5. The normalized spacial score (nSPS) is 15.6. The van der Waals surface area contributed by atoms with Gasteiger partial charge in [0.15, 0.2) is 5.78 Å². The zero-order valence-electron chi connectivity index (χ0n) is 16.3. The molecular formula is C24H20N2O3. The fourth-order valence-electron chi connectivity index (χ4n) is 3.31. The van der Waals surface area contributed by atoms with Crippen molar-refractivity contribution in [2.45, 2.75) is 20.0 Å². The first-order chi connectivity index (χ1) is 14.0. The third-order valence-electron chi connectivity index (χ3n) is 5.01. The Labute approximate surface area is 169 Å². The van der Waals surface area contributed by atoms with Crippen molar-refractivity contribution < 1.29 is 14.3 Å². The van der Waals surface area contributed by atoms with Gasteiger partial charge in [-0.2, -0.15) is 5.26 Å². The fraction of sp³-hybridized carbons (Fsp3) is 0.208. The number of benzene rings is 2. The number of Topliss-reactive ketones (excluding diaryl/α,β-unsaturated/α-hetero) is 1. The second-order valence-electron chi connectivity index (χ2n) is 7.67. The Hall–Kier alpha value is -3.65. The molecule has 5 heteroatoms. The van der Waals surface area contributed by atoms with Crippen molar-refractivity contribution in [1.82, 2.24) is 4.98 Å². The smallest absolute Gasteiger partial charge is 0.175 e. The third-order valence-corrected chi connectivity index (χ3v) is 5.01. The number of carbonyl (C=O) groups excluding carboxylic acids is 1. The number of nitrogens with zero attached hydrogens (tertiary/aromatic N) is 2. The van der Waals surface area contributed by atoms with E-state index in [4.69, 9.17) is 14.7 Å². The number of pyridine rings is 1. The van der Waals surface area contributed by atoms with Crippen molar-refractivity contribution in [1.29, 1.82) is 5.26 Å². The molecule has 29 heavy (non-hydrogen) atoms. The molecule has 0 radical (unpaired) electrons. The maximum atomic E-state index is 12.6. The lowest BCUT2D eigenvalue weighted by atomic mass is 9.83. The third kappa shape index (κ3) is 3.70. The highest BCUT2D eigenvalue weighted by molar-refractivity contribution is 6.03. The molecule has 1 aromatic heterocycles. The van der Waals surface area contributed by atoms with Gasteiger partial charge in [0.25, 0.3) is 0 Å². The van der Waals surface area contributed by atoms with Crippen LogP contribution < -0.4 is 9.47 Å². The van der Waals surface area contributed by atoms with Gasteiger partial charge < -0.3 is 9.47 Å². The minimum atomic E-state index is -0.530. The van der Waals surface area contributed by atoms with Crippen LogP contribution in [-0.4, -0.2) is 17.4 Å². The van der Waals surface area contributed by atoms with Gasteiger partial charge in [-0.05, 0) is 61.4 Å². The molecule has 1 aliphatic rings. The van der Waals surface area contributed by atoms with Crippen molar-refractivity contribution in [3.05, 3.63) is 89.2 Å². The Morgan fingerprint density at radius 1 is 1.07 bits per heavy atom. The number of rotatable bonds is 4. The number of fused-ring (bicyclic) bond motifs is 1. The van der Waals surface area contributed by atoms with Crippen molar-refractivity contribution in [3.63, 3.8) is 0 Å². The van der Waals surface area contributed by atoms with Gasteiger partial charge in [0.2, 0.25) is 0 Å². The van der Waals surface area contributed by atoms with Crippen LogP contribution in [0.15, 0.2) is 67.0 Å². The van der Waals surface area contributed by atoms with E-state index in [0.717, 1.165) is 11.1 Å². The molecule has 2 heterocycles. The van der Waals surface area contributed by atoms with E-state index in [0.29, 0.717) is 29.2 Å². The molecule has 0 aliphatic carbocycles. The molecule has 144 valence electrons. The van der Waals surface area contributed by atoms with Crippen LogP contribution in [0.3, 0.4) is 0 Å². The van der Waals surface area contributed by atoms with E-state index < -0.39 is 5.41 Å². The number of nitriles is 1. The summed E-state index contributed by atoms with van der Waals surface area (Å²) >= 11 is 0. The highest BCUT2D eigenvalue weighted by atomic mass is 16.5. The highest BCUT2D eigenvalue weighted by Crippen LogP contribution is 2.38. The molecule has 2 aromatic carbocycles. The molecule has 0 saturated carbocycles. The maximum absolute atomic E-state index is 12.6. The zero-order valence-corrected chi connectivity index (χ0v) is 16.3. The van der Waals surface area contributed by atoms with E-state index in [9.17, 15) is 4.79 Å². The average molecular weight is 384 g/mol. The summed E-state index contributed by atoms with van der Waals surface area (Å²) in [6.07, 6.45) is 3.04. The Morgan fingerprint density at radius 2 is 1.76 bits per heavy atom. The monoisotopic (exact) mass is 384 g/mol. The summed E-state index contributed by atoms with van der Waals surface area (Å²) in [5, 5.41) is 9.06. The number of ether oxygens (including phenoxy) is 2. The molecule has 0 bridgehead atoms. The van der Waals surface area contributed by atoms with Crippen molar-refractivity contribution in [2.24, 2.45) is 5.41 Å². The van der Waals surface area contributed by atoms with Crippen LogP contribution in [0.1, 0.15) is 47.0 Å². The Bertz CT molecular complexity index is 1080. The van der Waals surface area contributed by atoms with Crippen LogP contribution in [0.4, 0.5) is 0 Å². The summed E-state index contributed by atoms with van der Waals surface area (Å²) in [4.78, 5) is 16.7. The number of aromatic nitrogens is 1. The number of ketones is 1. The molecule has 0 spiro atoms. The first-order valence-electron chi connectivity index (χ1n) is 9.36. The van der Waals surface area contributed by atoms with E-state index >= 15 is 0 Å². The lowest BCUT2D eigenvalue weighted by molar-refractivity contribution is 0.0691. The molecule has 3 aromatic rings. The molecule has 4 rings (SSSR count). The number of carbonyl (C=O) groups is 1. The molecule has 1 atom stereocenters. The van der Waals surface area contributed by atoms with Crippen molar-refractivity contribution in [2.75, 3.05) is 6.61 Å². The van der Waals surface area contributed by atoms with Crippen LogP contribution in [0, 0.1) is 16.7 Å². The largest absolute Gasteiger partial charge is 0.492 e. The highest BCUT2D eigenvalue weighted by Gasteiger charge is 2.36. The molecule has 1 aliphatic heterocycles. The molecule has 1 unspecified atom stereocenters. The lowest BCUT2D eigenvalue weighted by Gasteiger charge is -2.30.